The molecule has 0 aliphatic carbocycles. The Balaban J connectivity index is 2.37. The fraction of sp³-hybridized carbons (Fsp3) is 0.312. The Labute approximate surface area is 146 Å². The molecule has 7 nitrogen and oxygen atoms in total. The van der Waals surface area contributed by atoms with E-state index in [1.807, 2.05) is 28.2 Å². The third-order valence-corrected chi connectivity index (χ3v) is 3.47. The normalized spacial score (nSPS) is 10.2. The zero-order valence-corrected chi connectivity index (χ0v) is 15.0. The van der Waals surface area contributed by atoms with Gasteiger partial charge >= 0.3 is 0 Å². The van der Waals surface area contributed by atoms with Crippen LogP contribution in [-0.4, -0.2) is 51.2 Å². The summed E-state index contributed by atoms with van der Waals surface area (Å²) in [5.41, 5.74) is 0.837. The smallest absolute Gasteiger partial charge is 0.259 e. The summed E-state index contributed by atoms with van der Waals surface area (Å²) in [4.78, 5) is 24.9. The number of carbonyl (C=O) groups excluding carboxylic acids is 1. The predicted octanol–water partition coefficient (Wildman–Crippen LogP) is 2.52. The van der Waals surface area contributed by atoms with Crippen LogP contribution in [0.5, 0.6) is 5.75 Å². The minimum absolute atomic E-state index is 0.339. The fourth-order valence-electron chi connectivity index (χ4n) is 2.06. The van der Waals surface area contributed by atoms with E-state index in [0.717, 1.165) is 0 Å². The highest BCUT2D eigenvalue weighted by molar-refractivity contribution is 6.31. The Morgan fingerprint density at radius 1 is 1.21 bits per heavy atom. The molecule has 0 saturated heterocycles. The van der Waals surface area contributed by atoms with Gasteiger partial charge in [0.2, 0.25) is 5.95 Å². The number of anilines is 3. The minimum atomic E-state index is -0.348. The summed E-state index contributed by atoms with van der Waals surface area (Å²) in [7, 11) is 8.89. The van der Waals surface area contributed by atoms with Crippen molar-refractivity contribution < 1.29 is 9.53 Å². The number of rotatable bonds is 5. The van der Waals surface area contributed by atoms with Crippen molar-refractivity contribution in [2.24, 2.45) is 0 Å². The van der Waals surface area contributed by atoms with Crippen LogP contribution in [0.4, 0.5) is 17.5 Å². The van der Waals surface area contributed by atoms with Crippen LogP contribution in [0.25, 0.3) is 0 Å². The van der Waals surface area contributed by atoms with Gasteiger partial charge in [-0.05, 0) is 18.2 Å². The van der Waals surface area contributed by atoms with Gasteiger partial charge < -0.3 is 19.9 Å². The molecule has 0 aliphatic rings. The van der Waals surface area contributed by atoms with Crippen LogP contribution >= 0.6 is 11.6 Å². The maximum atomic E-state index is 12.6. The Kier molecular flexibility index (Phi) is 5.46. The first kappa shape index (κ1) is 17.8. The lowest BCUT2D eigenvalue weighted by Gasteiger charge is -2.19. The van der Waals surface area contributed by atoms with Crippen LogP contribution in [0.1, 0.15) is 10.4 Å². The minimum Gasteiger partial charge on any atom is -0.496 e. The van der Waals surface area contributed by atoms with E-state index in [0.29, 0.717) is 33.8 Å². The summed E-state index contributed by atoms with van der Waals surface area (Å²) in [5.74, 6) is 1.24. The first-order valence-corrected chi connectivity index (χ1v) is 7.58. The Morgan fingerprint density at radius 2 is 1.92 bits per heavy atom. The van der Waals surface area contributed by atoms with E-state index in [1.54, 1.807) is 34.2 Å². The second kappa shape index (κ2) is 7.35. The van der Waals surface area contributed by atoms with Gasteiger partial charge in [0.05, 0.1) is 18.9 Å². The maximum Gasteiger partial charge on any atom is 0.259 e. The highest BCUT2D eigenvalue weighted by Gasteiger charge is 2.17. The van der Waals surface area contributed by atoms with Gasteiger partial charge in [-0.3, -0.25) is 4.79 Å². The van der Waals surface area contributed by atoms with E-state index in [2.05, 4.69) is 15.3 Å². The van der Waals surface area contributed by atoms with Crippen molar-refractivity contribution in [1.29, 1.82) is 0 Å². The van der Waals surface area contributed by atoms with Crippen molar-refractivity contribution >= 4 is 35.0 Å². The van der Waals surface area contributed by atoms with E-state index >= 15 is 0 Å². The van der Waals surface area contributed by atoms with Gasteiger partial charge in [0, 0.05) is 33.2 Å². The highest BCUT2D eigenvalue weighted by Crippen LogP contribution is 2.27. The number of halogens is 1. The number of benzene rings is 1. The summed E-state index contributed by atoms with van der Waals surface area (Å²) in [6.07, 6.45) is 1.58. The number of ether oxygens (including phenoxy) is 1. The monoisotopic (exact) mass is 349 g/mol. The number of hydrogen-bond acceptors (Lipinski definition) is 6. The molecule has 0 spiro atoms. The van der Waals surface area contributed by atoms with Gasteiger partial charge in [-0.25, -0.2) is 4.98 Å². The first-order valence-electron chi connectivity index (χ1n) is 7.20. The van der Waals surface area contributed by atoms with E-state index in [1.165, 1.54) is 7.11 Å². The Hall–Kier alpha value is -2.54. The van der Waals surface area contributed by atoms with Crippen molar-refractivity contribution in [3.63, 3.8) is 0 Å². The van der Waals surface area contributed by atoms with Gasteiger partial charge in [0.25, 0.3) is 5.91 Å². The van der Waals surface area contributed by atoms with E-state index in [9.17, 15) is 4.79 Å². The zero-order chi connectivity index (χ0) is 17.9. The molecule has 0 saturated carbocycles. The third-order valence-electron chi connectivity index (χ3n) is 3.23. The molecule has 1 aromatic carbocycles. The number of nitrogens with one attached hydrogen (secondary N) is 1. The van der Waals surface area contributed by atoms with Crippen molar-refractivity contribution in [3.8, 4) is 5.75 Å². The summed E-state index contributed by atoms with van der Waals surface area (Å²) < 4.78 is 5.22. The molecule has 1 aromatic heterocycles. The summed E-state index contributed by atoms with van der Waals surface area (Å²) in [5, 5.41) is 3.27. The molecule has 0 unspecified atom stereocenters. The molecule has 0 fully saturated rings. The van der Waals surface area contributed by atoms with Crippen LogP contribution in [-0.2, 0) is 0 Å². The summed E-state index contributed by atoms with van der Waals surface area (Å²) in [6.45, 7) is 0. The van der Waals surface area contributed by atoms with E-state index in [4.69, 9.17) is 16.3 Å². The number of nitrogens with zero attached hydrogens (tertiary/aromatic N) is 4. The molecule has 8 heteroatoms. The quantitative estimate of drug-likeness (QED) is 0.894. The molecule has 2 aromatic rings. The van der Waals surface area contributed by atoms with Gasteiger partial charge in [-0.2, -0.15) is 4.98 Å². The molecule has 1 amide bonds. The maximum absolute atomic E-state index is 12.6. The van der Waals surface area contributed by atoms with Crippen molar-refractivity contribution in [2.75, 3.05) is 50.4 Å². The second-order valence-corrected chi connectivity index (χ2v) is 5.93. The van der Waals surface area contributed by atoms with E-state index in [-0.39, 0.29) is 5.91 Å². The fourth-order valence-corrected chi connectivity index (χ4v) is 2.23. The lowest BCUT2D eigenvalue weighted by molar-refractivity contribution is 0.102. The lowest BCUT2D eigenvalue weighted by atomic mass is 10.2. The predicted molar refractivity (Wildman–Crippen MR) is 96.6 cm³/mol. The molecule has 0 bridgehead atoms. The Morgan fingerprint density at radius 3 is 2.50 bits per heavy atom. The van der Waals surface area contributed by atoms with Gasteiger partial charge in [0.1, 0.15) is 11.4 Å². The standard InChI is InChI=1S/C16H20ClN5O2/c1-21(2)14-12(9-18-16(20-14)22(3)4)19-15(23)11-8-10(17)6-7-13(11)24-5/h6-9H,1-5H3,(H,19,23). The van der Waals surface area contributed by atoms with E-state index < -0.39 is 0 Å². The lowest BCUT2D eigenvalue weighted by Crippen LogP contribution is -2.21. The van der Waals surface area contributed by atoms with Crippen LogP contribution in [0.2, 0.25) is 5.02 Å². The van der Waals surface area contributed by atoms with Crippen LogP contribution in [0, 0.1) is 0 Å². The first-order chi connectivity index (χ1) is 11.3. The van der Waals surface area contributed by atoms with Gasteiger partial charge in [-0.15, -0.1) is 0 Å². The van der Waals surface area contributed by atoms with Crippen LogP contribution < -0.4 is 19.9 Å². The number of hydrogen-bond donors (Lipinski definition) is 1. The van der Waals surface area contributed by atoms with Crippen LogP contribution in [0.3, 0.4) is 0 Å². The van der Waals surface area contributed by atoms with Crippen LogP contribution in [0.15, 0.2) is 24.4 Å². The second-order valence-electron chi connectivity index (χ2n) is 5.49. The highest BCUT2D eigenvalue weighted by atomic mass is 35.5. The molecule has 0 radical (unpaired) electrons. The van der Waals surface area contributed by atoms with Crippen molar-refractivity contribution in [2.45, 2.75) is 0 Å². The molecule has 24 heavy (non-hydrogen) atoms. The number of methoxy groups -OCH3 is 1. The topological polar surface area (TPSA) is 70.6 Å². The number of amides is 1. The number of aromatic nitrogens is 2. The average Bonchev–Trinajstić information content (AvgIpc) is 2.54. The molecule has 1 N–H and O–H groups in total. The molecule has 128 valence electrons. The zero-order valence-electron chi connectivity index (χ0n) is 14.3. The third kappa shape index (κ3) is 3.86. The average molecular weight is 350 g/mol. The largest absolute Gasteiger partial charge is 0.496 e. The molecule has 0 aliphatic heterocycles. The number of carbonyl (C=O) groups is 1. The molecule has 2 rings (SSSR count). The molecular weight excluding hydrogens is 330 g/mol. The molecular formula is C16H20ClN5O2. The van der Waals surface area contributed by atoms with Crippen molar-refractivity contribution in [1.82, 2.24) is 9.97 Å². The van der Waals surface area contributed by atoms with Crippen molar-refractivity contribution in [3.05, 3.63) is 35.0 Å². The van der Waals surface area contributed by atoms with Gasteiger partial charge in [0.15, 0.2) is 5.82 Å². The SMILES string of the molecule is COc1ccc(Cl)cc1C(=O)Nc1cnc(N(C)C)nc1N(C)C. The molecule has 0 atom stereocenters. The Bertz CT molecular complexity index is 749. The summed E-state index contributed by atoms with van der Waals surface area (Å²) in [6, 6.07) is 4.87. The summed E-state index contributed by atoms with van der Waals surface area (Å²) >= 11 is 5.98. The molecule has 1 heterocycles. The van der Waals surface area contributed by atoms with Gasteiger partial charge in [-0.1, -0.05) is 11.6 Å².